The van der Waals surface area contributed by atoms with Gasteiger partial charge in [-0.3, -0.25) is 4.79 Å². The van der Waals surface area contributed by atoms with Gasteiger partial charge < -0.3 is 16.0 Å². The molecule has 4 heteroatoms. The van der Waals surface area contributed by atoms with Crippen LogP contribution in [0.2, 0.25) is 0 Å². The Morgan fingerprint density at radius 3 is 2.60 bits per heavy atom. The number of nitrogens with zero attached hydrogens (tertiary/aromatic N) is 1. The summed E-state index contributed by atoms with van der Waals surface area (Å²) in [6.07, 6.45) is 7.85. The lowest BCUT2D eigenvalue weighted by Gasteiger charge is -2.29. The average Bonchev–Trinajstić information content (AvgIpc) is 3.18. The van der Waals surface area contributed by atoms with Gasteiger partial charge in [-0.1, -0.05) is 13.3 Å². The molecule has 0 radical (unpaired) electrons. The molecule has 1 fully saturated rings. The summed E-state index contributed by atoms with van der Waals surface area (Å²) < 4.78 is 0. The lowest BCUT2D eigenvalue weighted by Crippen LogP contribution is -2.54. The van der Waals surface area contributed by atoms with Crippen molar-refractivity contribution in [2.24, 2.45) is 5.73 Å². The van der Waals surface area contributed by atoms with Gasteiger partial charge in [-0.25, -0.2) is 0 Å². The molecule has 20 heavy (non-hydrogen) atoms. The highest BCUT2D eigenvalue weighted by Gasteiger charge is 2.36. The van der Waals surface area contributed by atoms with Crippen molar-refractivity contribution in [1.29, 1.82) is 0 Å². The first kappa shape index (κ1) is 17.4. The number of nitrogens with one attached hydrogen (secondary N) is 1. The maximum atomic E-state index is 11.7. The van der Waals surface area contributed by atoms with Crippen LogP contribution in [0, 0.1) is 0 Å². The van der Waals surface area contributed by atoms with Crippen LogP contribution >= 0.6 is 0 Å². The number of carbonyl (C=O) groups excluding carboxylic acids is 1. The predicted octanol–water partition coefficient (Wildman–Crippen LogP) is 2.27. The van der Waals surface area contributed by atoms with E-state index in [1.165, 1.54) is 25.7 Å². The van der Waals surface area contributed by atoms with Gasteiger partial charge in [-0.15, -0.1) is 0 Å². The van der Waals surface area contributed by atoms with Crippen LogP contribution in [0.5, 0.6) is 0 Å². The molecule has 3 N–H and O–H groups in total. The van der Waals surface area contributed by atoms with E-state index in [2.05, 4.69) is 31.1 Å². The number of rotatable bonds is 11. The van der Waals surface area contributed by atoms with Crippen LogP contribution in [0.15, 0.2) is 0 Å². The average molecular weight is 283 g/mol. The van der Waals surface area contributed by atoms with Gasteiger partial charge in [0.1, 0.15) is 0 Å². The van der Waals surface area contributed by atoms with Crippen LogP contribution in [0.25, 0.3) is 0 Å². The summed E-state index contributed by atoms with van der Waals surface area (Å²) in [5.74, 6) is -0.211. The molecule has 0 spiro atoms. The maximum absolute atomic E-state index is 11.7. The number of unbranched alkanes of at least 4 members (excludes halogenated alkanes) is 1. The summed E-state index contributed by atoms with van der Waals surface area (Å²) in [6.45, 7) is 7.56. The molecular formula is C16H33N3O. The molecule has 0 saturated heterocycles. The first-order valence-corrected chi connectivity index (χ1v) is 8.17. The highest BCUT2D eigenvalue weighted by Crippen LogP contribution is 2.25. The number of primary amides is 1. The molecule has 0 aliphatic heterocycles. The molecule has 2 atom stereocenters. The largest absolute Gasteiger partial charge is 0.368 e. The van der Waals surface area contributed by atoms with E-state index in [4.69, 9.17) is 5.73 Å². The van der Waals surface area contributed by atoms with E-state index in [1.807, 2.05) is 6.92 Å². The molecule has 1 amide bonds. The van der Waals surface area contributed by atoms with Crippen molar-refractivity contribution < 1.29 is 4.79 Å². The molecule has 2 unspecified atom stereocenters. The van der Waals surface area contributed by atoms with E-state index in [9.17, 15) is 4.79 Å². The summed E-state index contributed by atoms with van der Waals surface area (Å²) >= 11 is 0. The Morgan fingerprint density at radius 2 is 2.10 bits per heavy atom. The van der Waals surface area contributed by atoms with E-state index in [0.717, 1.165) is 25.8 Å². The van der Waals surface area contributed by atoms with Gasteiger partial charge in [0.2, 0.25) is 5.91 Å². The molecule has 0 aromatic carbocycles. The number of hydrogen-bond donors (Lipinski definition) is 2. The minimum absolute atomic E-state index is 0.211. The molecule has 118 valence electrons. The van der Waals surface area contributed by atoms with Crippen molar-refractivity contribution >= 4 is 5.91 Å². The summed E-state index contributed by atoms with van der Waals surface area (Å²) in [7, 11) is 2.19. The van der Waals surface area contributed by atoms with Crippen molar-refractivity contribution in [3.05, 3.63) is 0 Å². The fourth-order valence-corrected chi connectivity index (χ4v) is 2.64. The highest BCUT2D eigenvalue weighted by atomic mass is 16.1. The Kier molecular flexibility index (Phi) is 6.96. The van der Waals surface area contributed by atoms with Crippen LogP contribution in [0.4, 0.5) is 0 Å². The minimum atomic E-state index is -0.519. The lowest BCUT2D eigenvalue weighted by molar-refractivity contribution is -0.124. The number of carbonyl (C=O) groups is 1. The summed E-state index contributed by atoms with van der Waals surface area (Å²) in [6, 6.07) is 1.16. The first-order chi connectivity index (χ1) is 9.39. The van der Waals surface area contributed by atoms with Crippen LogP contribution < -0.4 is 11.1 Å². The first-order valence-electron chi connectivity index (χ1n) is 8.17. The molecule has 0 aromatic heterocycles. The molecule has 1 aliphatic carbocycles. The number of hydrogen-bond acceptors (Lipinski definition) is 3. The molecule has 4 nitrogen and oxygen atoms in total. The van der Waals surface area contributed by atoms with Gasteiger partial charge in [0, 0.05) is 12.1 Å². The summed E-state index contributed by atoms with van der Waals surface area (Å²) in [4.78, 5) is 14.1. The predicted molar refractivity (Wildman–Crippen MR) is 84.6 cm³/mol. The lowest BCUT2D eigenvalue weighted by atomic mass is 9.93. The Labute approximate surface area is 124 Å². The smallest absolute Gasteiger partial charge is 0.237 e. The minimum Gasteiger partial charge on any atom is -0.368 e. The Balaban J connectivity index is 2.25. The molecular weight excluding hydrogens is 250 g/mol. The Hall–Kier alpha value is -0.610. The van der Waals surface area contributed by atoms with Gasteiger partial charge in [0.15, 0.2) is 0 Å². The van der Waals surface area contributed by atoms with Gasteiger partial charge in [0.05, 0.1) is 5.54 Å². The van der Waals surface area contributed by atoms with Crippen LogP contribution in [-0.4, -0.2) is 42.0 Å². The molecule has 1 aliphatic rings. The summed E-state index contributed by atoms with van der Waals surface area (Å²) in [5, 5.41) is 3.41. The highest BCUT2D eigenvalue weighted by molar-refractivity contribution is 5.84. The zero-order valence-corrected chi connectivity index (χ0v) is 13.7. The fourth-order valence-electron chi connectivity index (χ4n) is 2.64. The quantitative estimate of drug-likeness (QED) is 0.572. The monoisotopic (exact) mass is 283 g/mol. The zero-order chi connectivity index (χ0) is 15.2. The van der Waals surface area contributed by atoms with Crippen LogP contribution in [-0.2, 0) is 4.79 Å². The van der Waals surface area contributed by atoms with E-state index < -0.39 is 5.54 Å². The Morgan fingerprint density at radius 1 is 1.45 bits per heavy atom. The molecule has 1 saturated carbocycles. The normalized spacial score (nSPS) is 19.9. The SMILES string of the molecule is CCCC(C)N(C)CCCCC(C)(NC1CC1)C(N)=O. The topological polar surface area (TPSA) is 58.4 Å². The number of nitrogens with two attached hydrogens (primary N) is 1. The second kappa shape index (κ2) is 7.99. The van der Waals surface area contributed by atoms with E-state index in [0.29, 0.717) is 12.1 Å². The third-order valence-corrected chi connectivity index (χ3v) is 4.54. The van der Waals surface area contributed by atoms with Crippen molar-refractivity contribution in [3.8, 4) is 0 Å². The van der Waals surface area contributed by atoms with Gasteiger partial charge in [-0.2, -0.15) is 0 Å². The second-order valence-electron chi connectivity index (χ2n) is 6.69. The van der Waals surface area contributed by atoms with Crippen LogP contribution in [0.1, 0.15) is 65.7 Å². The summed E-state index contributed by atoms with van der Waals surface area (Å²) in [5.41, 5.74) is 5.05. The van der Waals surface area contributed by atoms with Crippen molar-refractivity contribution in [3.63, 3.8) is 0 Å². The number of amides is 1. The molecule has 0 bridgehead atoms. The van der Waals surface area contributed by atoms with Crippen molar-refractivity contribution in [2.75, 3.05) is 13.6 Å². The van der Waals surface area contributed by atoms with E-state index in [-0.39, 0.29) is 5.91 Å². The second-order valence-corrected chi connectivity index (χ2v) is 6.69. The Bertz CT molecular complexity index is 304. The molecule has 1 rings (SSSR count). The van der Waals surface area contributed by atoms with Crippen molar-refractivity contribution in [1.82, 2.24) is 10.2 Å². The molecule has 0 heterocycles. The van der Waals surface area contributed by atoms with Gasteiger partial charge in [0.25, 0.3) is 0 Å². The van der Waals surface area contributed by atoms with Crippen molar-refractivity contribution in [2.45, 2.75) is 83.3 Å². The van der Waals surface area contributed by atoms with Crippen LogP contribution in [0.3, 0.4) is 0 Å². The van der Waals surface area contributed by atoms with E-state index in [1.54, 1.807) is 0 Å². The molecule has 0 aromatic rings. The fraction of sp³-hybridized carbons (Fsp3) is 0.938. The maximum Gasteiger partial charge on any atom is 0.237 e. The standard InChI is InChI=1S/C16H33N3O/c1-5-8-13(2)19(4)12-7-6-11-16(3,15(17)20)18-14-9-10-14/h13-14,18H,5-12H2,1-4H3,(H2,17,20). The third kappa shape index (κ3) is 5.80. The van der Waals surface area contributed by atoms with E-state index >= 15 is 0 Å². The third-order valence-electron chi connectivity index (χ3n) is 4.54. The van der Waals surface area contributed by atoms with Gasteiger partial charge >= 0.3 is 0 Å². The van der Waals surface area contributed by atoms with Gasteiger partial charge in [-0.05, 0) is 66.0 Å². The zero-order valence-electron chi connectivity index (χ0n) is 13.7.